The molecule has 0 spiro atoms. The van der Waals surface area contributed by atoms with Gasteiger partial charge in [-0.15, -0.1) is 0 Å². The topological polar surface area (TPSA) is 43.4 Å². The second-order valence-corrected chi connectivity index (χ2v) is 5.45. The number of Topliss-reactive ketones (excluding diaryl/α,β-unsaturated/α-hetero) is 1. The van der Waals surface area contributed by atoms with Gasteiger partial charge in [-0.2, -0.15) is 0 Å². The van der Waals surface area contributed by atoms with Gasteiger partial charge in [-0.25, -0.2) is 0 Å². The zero-order valence-corrected chi connectivity index (χ0v) is 11.2. The lowest BCUT2D eigenvalue weighted by Gasteiger charge is -2.35. The molecule has 0 radical (unpaired) electrons. The number of ketones is 2. The summed E-state index contributed by atoms with van der Waals surface area (Å²) in [5.74, 6) is 0.547. The third kappa shape index (κ3) is 1.94. The Morgan fingerprint density at radius 2 is 1.94 bits per heavy atom. The molecule has 0 fully saturated rings. The van der Waals surface area contributed by atoms with Crippen molar-refractivity contribution in [3.8, 4) is 0 Å². The number of hydrogen-bond donors (Lipinski definition) is 0. The van der Waals surface area contributed by atoms with Gasteiger partial charge in [-0.1, -0.05) is 26.8 Å². The molecule has 0 bridgehead atoms. The first kappa shape index (κ1) is 12.8. The van der Waals surface area contributed by atoms with Crippen LogP contribution in [0.15, 0.2) is 35.1 Å². The van der Waals surface area contributed by atoms with Gasteiger partial charge in [0.25, 0.3) is 0 Å². The molecule has 0 aromatic heterocycles. The first-order valence-electron chi connectivity index (χ1n) is 6.15. The molecule has 3 nitrogen and oxygen atoms in total. The Morgan fingerprint density at radius 1 is 1.28 bits per heavy atom. The fourth-order valence-corrected chi connectivity index (χ4v) is 2.51. The Kier molecular flexibility index (Phi) is 3.01. The third-order valence-corrected chi connectivity index (χ3v) is 3.64. The van der Waals surface area contributed by atoms with E-state index in [-0.39, 0.29) is 17.5 Å². The maximum atomic E-state index is 12.1. The van der Waals surface area contributed by atoms with Gasteiger partial charge in [0, 0.05) is 11.8 Å². The van der Waals surface area contributed by atoms with E-state index in [9.17, 15) is 9.59 Å². The highest BCUT2D eigenvalue weighted by molar-refractivity contribution is 6.07. The Balaban J connectivity index is 2.50. The quantitative estimate of drug-likeness (QED) is 0.752. The van der Waals surface area contributed by atoms with Crippen LogP contribution in [0.3, 0.4) is 0 Å². The third-order valence-electron chi connectivity index (χ3n) is 3.64. The molecular weight excluding hydrogens is 228 g/mol. The van der Waals surface area contributed by atoms with Gasteiger partial charge in [-0.05, 0) is 29.2 Å². The van der Waals surface area contributed by atoms with Crippen molar-refractivity contribution in [1.29, 1.82) is 0 Å². The highest BCUT2D eigenvalue weighted by atomic mass is 16.5. The van der Waals surface area contributed by atoms with Crippen LogP contribution in [0.4, 0.5) is 0 Å². The fourth-order valence-electron chi connectivity index (χ4n) is 2.51. The summed E-state index contributed by atoms with van der Waals surface area (Å²) in [6.45, 7) is 5.96. The molecule has 2 aliphatic rings. The van der Waals surface area contributed by atoms with Crippen LogP contribution in [0.1, 0.15) is 27.2 Å². The van der Waals surface area contributed by atoms with Gasteiger partial charge >= 0.3 is 0 Å². The number of rotatable bonds is 2. The van der Waals surface area contributed by atoms with Gasteiger partial charge in [0.2, 0.25) is 5.78 Å². The Bertz CT molecular complexity index is 506. The lowest BCUT2D eigenvalue weighted by Crippen LogP contribution is -2.31. The van der Waals surface area contributed by atoms with Crippen LogP contribution >= 0.6 is 0 Å². The summed E-state index contributed by atoms with van der Waals surface area (Å²) in [4.78, 5) is 23.9. The van der Waals surface area contributed by atoms with Crippen LogP contribution in [-0.4, -0.2) is 18.7 Å². The number of carbonyl (C=O) groups is 2. The van der Waals surface area contributed by atoms with E-state index in [4.69, 9.17) is 4.74 Å². The Labute approximate surface area is 107 Å². The van der Waals surface area contributed by atoms with Crippen molar-refractivity contribution in [1.82, 2.24) is 0 Å². The smallest absolute Gasteiger partial charge is 0.220 e. The van der Waals surface area contributed by atoms with Crippen LogP contribution < -0.4 is 0 Å². The molecule has 0 N–H and O–H groups in total. The van der Waals surface area contributed by atoms with E-state index >= 15 is 0 Å². The van der Waals surface area contributed by atoms with E-state index in [1.165, 1.54) is 7.11 Å². The normalized spacial score (nSPS) is 27.5. The van der Waals surface area contributed by atoms with Gasteiger partial charge < -0.3 is 4.74 Å². The molecule has 0 saturated heterocycles. The minimum absolute atomic E-state index is 0.126. The molecule has 2 rings (SSSR count). The van der Waals surface area contributed by atoms with Gasteiger partial charge in [0.1, 0.15) is 0 Å². The molecule has 1 atom stereocenters. The predicted octanol–water partition coefficient (Wildman–Crippen LogP) is 2.59. The Hall–Kier alpha value is -1.64. The molecule has 0 heterocycles. The lowest BCUT2D eigenvalue weighted by atomic mass is 9.68. The summed E-state index contributed by atoms with van der Waals surface area (Å²) in [5, 5.41) is 0. The largest absolute Gasteiger partial charge is 0.493 e. The zero-order chi connectivity index (χ0) is 13.5. The summed E-state index contributed by atoms with van der Waals surface area (Å²) < 4.78 is 5.06. The summed E-state index contributed by atoms with van der Waals surface area (Å²) >= 11 is 0. The van der Waals surface area contributed by atoms with E-state index < -0.39 is 5.41 Å². The highest BCUT2D eigenvalue weighted by Gasteiger charge is 2.39. The number of fused-ring (bicyclic) bond motifs is 1. The standard InChI is InChI=1S/C15H18O3/c1-9(2)11-5-10-6-12(16)14(18-4)8-15(10,3)7-13(11)17/h5-6,8-9H,7H2,1-4H3/t15-/m0/s1. The van der Waals surface area contributed by atoms with Gasteiger partial charge in [-0.3, -0.25) is 9.59 Å². The van der Waals surface area contributed by atoms with Gasteiger partial charge in [0.05, 0.1) is 7.11 Å². The summed E-state index contributed by atoms with van der Waals surface area (Å²) in [7, 11) is 1.48. The number of carbonyl (C=O) groups excluding carboxylic acids is 2. The first-order valence-corrected chi connectivity index (χ1v) is 6.15. The molecular formula is C15H18O3. The van der Waals surface area contributed by atoms with Gasteiger partial charge in [0.15, 0.2) is 11.5 Å². The summed E-state index contributed by atoms with van der Waals surface area (Å²) in [6.07, 6.45) is 5.64. The fraction of sp³-hybridized carbons (Fsp3) is 0.467. The number of methoxy groups -OCH3 is 1. The van der Waals surface area contributed by atoms with Crippen LogP contribution in [0, 0.1) is 11.3 Å². The molecule has 18 heavy (non-hydrogen) atoms. The minimum Gasteiger partial charge on any atom is -0.493 e. The van der Waals surface area contributed by atoms with Crippen molar-refractivity contribution >= 4 is 11.6 Å². The predicted molar refractivity (Wildman–Crippen MR) is 68.8 cm³/mol. The molecule has 3 heteroatoms. The van der Waals surface area contributed by atoms with Crippen LogP contribution in [0.2, 0.25) is 0 Å². The molecule has 96 valence electrons. The van der Waals surface area contributed by atoms with Crippen LogP contribution in [0.5, 0.6) is 0 Å². The van der Waals surface area contributed by atoms with Crippen LogP contribution in [-0.2, 0) is 14.3 Å². The van der Waals surface area contributed by atoms with Crippen molar-refractivity contribution in [2.75, 3.05) is 7.11 Å². The van der Waals surface area contributed by atoms with Crippen molar-refractivity contribution in [2.24, 2.45) is 11.3 Å². The molecule has 2 aliphatic carbocycles. The minimum atomic E-state index is -0.408. The maximum absolute atomic E-state index is 12.1. The number of allylic oxidation sites excluding steroid dienone is 5. The number of ether oxygens (including phenoxy) is 1. The second-order valence-electron chi connectivity index (χ2n) is 5.45. The first-order chi connectivity index (χ1) is 8.37. The van der Waals surface area contributed by atoms with Crippen molar-refractivity contribution in [2.45, 2.75) is 27.2 Å². The average molecular weight is 246 g/mol. The Morgan fingerprint density at radius 3 is 2.50 bits per heavy atom. The van der Waals surface area contributed by atoms with Crippen LogP contribution in [0.25, 0.3) is 0 Å². The van der Waals surface area contributed by atoms with E-state index in [0.717, 1.165) is 11.1 Å². The van der Waals surface area contributed by atoms with E-state index in [0.29, 0.717) is 12.2 Å². The monoisotopic (exact) mass is 246 g/mol. The second kappa shape index (κ2) is 4.23. The zero-order valence-electron chi connectivity index (χ0n) is 11.2. The van der Waals surface area contributed by atoms with Crippen molar-refractivity contribution in [3.05, 3.63) is 35.1 Å². The molecule has 0 amide bonds. The molecule has 0 unspecified atom stereocenters. The maximum Gasteiger partial charge on any atom is 0.220 e. The van der Waals surface area contributed by atoms with E-state index in [2.05, 4.69) is 0 Å². The summed E-state index contributed by atoms with van der Waals surface area (Å²) in [5.41, 5.74) is 1.31. The summed E-state index contributed by atoms with van der Waals surface area (Å²) in [6, 6.07) is 0. The number of hydrogen-bond acceptors (Lipinski definition) is 3. The van der Waals surface area contributed by atoms with E-state index in [1.807, 2.05) is 26.8 Å². The SMILES string of the molecule is COC1=C[C@]2(C)CC(=O)C(C(C)C)=CC2=CC1=O. The molecule has 0 saturated carbocycles. The highest BCUT2D eigenvalue weighted by Crippen LogP contribution is 2.43. The lowest BCUT2D eigenvalue weighted by molar-refractivity contribution is -0.118. The van der Waals surface area contributed by atoms with Crippen molar-refractivity contribution in [3.63, 3.8) is 0 Å². The van der Waals surface area contributed by atoms with E-state index in [1.54, 1.807) is 12.2 Å². The molecule has 0 aliphatic heterocycles. The van der Waals surface area contributed by atoms with Crippen molar-refractivity contribution < 1.29 is 14.3 Å². The molecule has 0 aromatic rings. The average Bonchev–Trinajstić information content (AvgIpc) is 2.28. The molecule has 0 aromatic carbocycles.